The van der Waals surface area contributed by atoms with Crippen LogP contribution in [0.25, 0.3) is 0 Å². The minimum absolute atomic E-state index is 0.0680. The highest BCUT2D eigenvalue weighted by atomic mass is 32.2. The van der Waals surface area contributed by atoms with Crippen molar-refractivity contribution in [1.82, 2.24) is 5.32 Å². The Kier molecular flexibility index (Phi) is 7.85. The molecule has 0 aliphatic carbocycles. The van der Waals surface area contributed by atoms with E-state index in [1.54, 1.807) is 6.92 Å². The molecule has 0 fully saturated rings. The van der Waals surface area contributed by atoms with Crippen molar-refractivity contribution < 1.29 is 9.90 Å². The van der Waals surface area contributed by atoms with Crippen LogP contribution in [-0.4, -0.2) is 33.7 Å². The van der Waals surface area contributed by atoms with Gasteiger partial charge in [0, 0.05) is 11.3 Å². The van der Waals surface area contributed by atoms with Gasteiger partial charge in [0.2, 0.25) is 5.91 Å². The molecule has 96 valence electrons. The molecule has 4 unspecified atom stereocenters. The summed E-state index contributed by atoms with van der Waals surface area (Å²) in [5, 5.41) is 12.3. The first-order valence-corrected chi connectivity index (χ1v) is 6.96. The van der Waals surface area contributed by atoms with Gasteiger partial charge in [0.15, 0.2) is 0 Å². The summed E-state index contributed by atoms with van der Waals surface area (Å²) in [5.74, 6) is 0.0680. The average Bonchev–Trinajstić information content (AvgIpc) is 2.17. The average molecular weight is 247 g/mol. The second-order valence-corrected chi connectivity index (χ2v) is 6.15. The van der Waals surface area contributed by atoms with Gasteiger partial charge in [-0.3, -0.25) is 4.79 Å². The summed E-state index contributed by atoms with van der Waals surface area (Å²) >= 11 is 1.51. The van der Waals surface area contributed by atoms with Crippen LogP contribution < -0.4 is 5.32 Å². The van der Waals surface area contributed by atoms with Gasteiger partial charge in [-0.25, -0.2) is 0 Å². The molecule has 0 aromatic rings. The highest BCUT2D eigenvalue weighted by Crippen LogP contribution is 2.20. The highest BCUT2D eigenvalue weighted by molar-refractivity contribution is 8.01. The molecule has 0 spiro atoms. The smallest absolute Gasteiger partial charge is 0.233 e. The van der Waals surface area contributed by atoms with Gasteiger partial charge in [-0.15, -0.1) is 11.8 Å². The third-order valence-electron chi connectivity index (χ3n) is 2.58. The summed E-state index contributed by atoms with van der Waals surface area (Å²) in [5.41, 5.74) is 0. The van der Waals surface area contributed by atoms with Gasteiger partial charge >= 0.3 is 0 Å². The van der Waals surface area contributed by atoms with E-state index < -0.39 is 0 Å². The van der Waals surface area contributed by atoms with Gasteiger partial charge in [0.05, 0.1) is 11.4 Å². The van der Waals surface area contributed by atoms with Crippen LogP contribution in [0.1, 0.15) is 47.5 Å². The summed E-state index contributed by atoms with van der Waals surface area (Å²) in [6.45, 7) is 9.71. The van der Waals surface area contributed by atoms with Crippen molar-refractivity contribution in [1.29, 1.82) is 0 Å². The van der Waals surface area contributed by atoms with E-state index in [2.05, 4.69) is 12.2 Å². The van der Waals surface area contributed by atoms with Crippen molar-refractivity contribution in [2.24, 2.45) is 0 Å². The molecule has 0 aromatic carbocycles. The summed E-state index contributed by atoms with van der Waals surface area (Å²) in [6, 6.07) is 0.238. The Morgan fingerprint density at radius 2 is 1.88 bits per heavy atom. The number of carbonyl (C=O) groups is 1. The lowest BCUT2D eigenvalue weighted by Crippen LogP contribution is -2.38. The predicted octanol–water partition coefficient (Wildman–Crippen LogP) is 2.18. The van der Waals surface area contributed by atoms with Crippen molar-refractivity contribution in [3.8, 4) is 0 Å². The third kappa shape index (κ3) is 6.38. The first kappa shape index (κ1) is 15.8. The summed E-state index contributed by atoms with van der Waals surface area (Å²) < 4.78 is 0. The largest absolute Gasteiger partial charge is 0.392 e. The highest BCUT2D eigenvalue weighted by Gasteiger charge is 2.20. The molecule has 0 heterocycles. The third-order valence-corrected chi connectivity index (χ3v) is 4.02. The quantitative estimate of drug-likeness (QED) is 0.725. The Labute approximate surface area is 103 Å². The summed E-state index contributed by atoms with van der Waals surface area (Å²) in [4.78, 5) is 11.8. The maximum absolute atomic E-state index is 11.8. The molecule has 0 aromatic heterocycles. The lowest BCUT2D eigenvalue weighted by Gasteiger charge is -2.21. The molecule has 2 N–H and O–H groups in total. The van der Waals surface area contributed by atoms with Crippen molar-refractivity contribution in [3.63, 3.8) is 0 Å². The van der Waals surface area contributed by atoms with Gasteiger partial charge in [0.25, 0.3) is 0 Å². The van der Waals surface area contributed by atoms with Crippen molar-refractivity contribution >= 4 is 17.7 Å². The van der Waals surface area contributed by atoms with Crippen LogP contribution in [0.15, 0.2) is 0 Å². The molecule has 4 heteroatoms. The van der Waals surface area contributed by atoms with Gasteiger partial charge in [0.1, 0.15) is 0 Å². The number of amides is 1. The minimum atomic E-state index is -0.381. The Hall–Kier alpha value is -0.220. The lowest BCUT2D eigenvalue weighted by atomic mass is 10.2. The number of nitrogens with one attached hydrogen (secondary N) is 1. The number of carbonyl (C=O) groups excluding carboxylic acids is 1. The molecule has 1 amide bonds. The molecule has 3 nitrogen and oxygen atoms in total. The van der Waals surface area contributed by atoms with Crippen LogP contribution >= 0.6 is 11.8 Å². The molecule has 16 heavy (non-hydrogen) atoms. The summed E-state index contributed by atoms with van der Waals surface area (Å²) in [6.07, 6.45) is 1.70. The molecule has 0 aliphatic rings. The fourth-order valence-electron chi connectivity index (χ4n) is 1.36. The van der Waals surface area contributed by atoms with Crippen LogP contribution in [0.3, 0.4) is 0 Å². The molecule has 0 saturated heterocycles. The molecular weight excluding hydrogens is 222 g/mol. The fraction of sp³-hybridized carbons (Fsp3) is 0.917. The zero-order chi connectivity index (χ0) is 12.7. The van der Waals surface area contributed by atoms with Gasteiger partial charge < -0.3 is 10.4 Å². The van der Waals surface area contributed by atoms with E-state index in [1.807, 2.05) is 20.8 Å². The van der Waals surface area contributed by atoms with E-state index in [0.29, 0.717) is 0 Å². The topological polar surface area (TPSA) is 49.3 Å². The van der Waals surface area contributed by atoms with Gasteiger partial charge in [-0.2, -0.15) is 0 Å². The standard InChI is InChI=1S/C12H25NO2S/c1-6-7-8(2)13-12(15)11(5)16-10(4)9(3)14/h8-11,14H,6-7H2,1-5H3,(H,13,15). The maximum atomic E-state index is 11.8. The second-order valence-electron chi connectivity index (χ2n) is 4.42. The van der Waals surface area contributed by atoms with E-state index in [9.17, 15) is 9.90 Å². The monoisotopic (exact) mass is 247 g/mol. The van der Waals surface area contributed by atoms with Gasteiger partial charge in [-0.05, 0) is 27.2 Å². The van der Waals surface area contributed by atoms with Crippen molar-refractivity contribution in [2.45, 2.75) is 70.1 Å². The van der Waals surface area contributed by atoms with E-state index in [1.165, 1.54) is 11.8 Å². The van der Waals surface area contributed by atoms with Crippen LogP contribution in [0.2, 0.25) is 0 Å². The zero-order valence-corrected chi connectivity index (χ0v) is 11.8. The zero-order valence-electron chi connectivity index (χ0n) is 11.0. The number of aliphatic hydroxyl groups is 1. The van der Waals surface area contributed by atoms with Crippen LogP contribution in [0.4, 0.5) is 0 Å². The van der Waals surface area contributed by atoms with Crippen molar-refractivity contribution in [2.75, 3.05) is 0 Å². The van der Waals surface area contributed by atoms with Crippen molar-refractivity contribution in [3.05, 3.63) is 0 Å². The number of aliphatic hydroxyl groups excluding tert-OH is 1. The molecule has 0 aliphatic heterocycles. The SMILES string of the molecule is CCCC(C)NC(=O)C(C)SC(C)C(C)O. The minimum Gasteiger partial charge on any atom is -0.392 e. The molecule has 4 atom stereocenters. The second kappa shape index (κ2) is 7.96. The summed E-state index contributed by atoms with van der Waals surface area (Å²) in [7, 11) is 0. The first-order valence-electron chi connectivity index (χ1n) is 6.02. The predicted molar refractivity (Wildman–Crippen MR) is 70.7 cm³/mol. The number of thioether (sulfide) groups is 1. The number of hydrogen-bond acceptors (Lipinski definition) is 3. The maximum Gasteiger partial charge on any atom is 0.233 e. The normalized spacial score (nSPS) is 18.6. The molecule has 0 rings (SSSR count). The Morgan fingerprint density at radius 3 is 2.31 bits per heavy atom. The van der Waals surface area contributed by atoms with E-state index in [0.717, 1.165) is 12.8 Å². The van der Waals surface area contributed by atoms with Gasteiger partial charge in [-0.1, -0.05) is 20.3 Å². The molecule has 0 radical (unpaired) electrons. The van der Waals surface area contributed by atoms with Crippen LogP contribution in [0.5, 0.6) is 0 Å². The molecule has 0 saturated carbocycles. The lowest BCUT2D eigenvalue weighted by molar-refractivity contribution is -0.120. The Morgan fingerprint density at radius 1 is 1.31 bits per heavy atom. The van der Waals surface area contributed by atoms with E-state index in [-0.39, 0.29) is 28.6 Å². The van der Waals surface area contributed by atoms with E-state index in [4.69, 9.17) is 0 Å². The Bertz CT molecular complexity index is 209. The molecular formula is C12H25NO2S. The van der Waals surface area contributed by atoms with Crippen LogP contribution in [-0.2, 0) is 4.79 Å². The fourth-order valence-corrected chi connectivity index (χ4v) is 2.43. The first-order chi connectivity index (χ1) is 7.38. The van der Waals surface area contributed by atoms with E-state index >= 15 is 0 Å². The number of rotatable bonds is 7. The number of hydrogen-bond donors (Lipinski definition) is 2. The Balaban J connectivity index is 3.99. The van der Waals surface area contributed by atoms with Crippen LogP contribution in [0, 0.1) is 0 Å². The molecule has 0 bridgehead atoms.